The highest BCUT2D eigenvalue weighted by molar-refractivity contribution is 5.92. The first-order chi connectivity index (χ1) is 10.1. The molecule has 1 heterocycles. The smallest absolute Gasteiger partial charge is 0.268 e. The minimum absolute atomic E-state index is 0.145. The van der Waals surface area contributed by atoms with E-state index in [-0.39, 0.29) is 5.91 Å². The van der Waals surface area contributed by atoms with E-state index in [0.29, 0.717) is 18.7 Å². The summed E-state index contributed by atoms with van der Waals surface area (Å²) in [4.78, 5) is 12.3. The van der Waals surface area contributed by atoms with Crippen LogP contribution in [-0.2, 0) is 13.6 Å². The lowest BCUT2D eigenvalue weighted by Crippen LogP contribution is -2.33. The third-order valence-electron chi connectivity index (χ3n) is 3.74. The molecule has 21 heavy (non-hydrogen) atoms. The van der Waals surface area contributed by atoms with E-state index in [0.717, 1.165) is 16.1 Å². The zero-order valence-electron chi connectivity index (χ0n) is 11.8. The first-order valence-corrected chi connectivity index (χ1v) is 6.99. The Bertz CT molecular complexity index is 777. The standard InChI is InChI=1S/C17H17FN2O/c1-20-15-8-7-14(18)9-13(15)10-16(20)17(21)19-11-12-5-3-2-4-6-12/h2-6,8-10,14H,7,11H2,1H3,(H,19,21). The second-order valence-corrected chi connectivity index (χ2v) is 5.22. The third kappa shape index (κ3) is 2.75. The lowest BCUT2D eigenvalue weighted by atomic mass is 10.1. The molecule has 1 aliphatic carbocycles. The average molecular weight is 284 g/mol. The van der Waals surface area contributed by atoms with E-state index in [2.05, 4.69) is 5.32 Å². The number of hydrogen-bond donors (Lipinski definition) is 1. The fraction of sp³-hybridized carbons (Fsp3) is 0.235. The highest BCUT2D eigenvalue weighted by Crippen LogP contribution is 2.04. The molecule has 0 saturated carbocycles. The highest BCUT2D eigenvalue weighted by atomic mass is 19.1. The minimum Gasteiger partial charge on any atom is -0.347 e. The van der Waals surface area contributed by atoms with Crippen LogP contribution in [0.1, 0.15) is 22.5 Å². The summed E-state index contributed by atoms with van der Waals surface area (Å²) in [6.45, 7) is 0.481. The first kappa shape index (κ1) is 13.6. The summed E-state index contributed by atoms with van der Waals surface area (Å²) in [5.74, 6) is -0.145. The van der Waals surface area contributed by atoms with Crippen LogP contribution in [0.25, 0.3) is 12.2 Å². The van der Waals surface area contributed by atoms with Crippen molar-refractivity contribution in [2.45, 2.75) is 19.1 Å². The predicted molar refractivity (Wildman–Crippen MR) is 80.7 cm³/mol. The zero-order valence-corrected chi connectivity index (χ0v) is 11.8. The molecule has 2 aromatic rings. The van der Waals surface area contributed by atoms with E-state index < -0.39 is 6.17 Å². The summed E-state index contributed by atoms with van der Waals surface area (Å²) in [5.41, 5.74) is 1.60. The Morgan fingerprint density at radius 1 is 1.38 bits per heavy atom. The number of alkyl halides is 1. The van der Waals surface area contributed by atoms with E-state index in [1.807, 2.05) is 48.0 Å². The van der Waals surface area contributed by atoms with Crippen LogP contribution in [0.3, 0.4) is 0 Å². The molecule has 1 amide bonds. The Labute approximate surface area is 122 Å². The molecule has 3 nitrogen and oxygen atoms in total. The minimum atomic E-state index is -0.958. The van der Waals surface area contributed by atoms with Gasteiger partial charge in [-0.25, -0.2) is 4.39 Å². The molecular formula is C17H17FN2O. The second-order valence-electron chi connectivity index (χ2n) is 5.22. The van der Waals surface area contributed by atoms with Gasteiger partial charge in [0.1, 0.15) is 11.9 Å². The maximum Gasteiger partial charge on any atom is 0.268 e. The molecule has 1 aromatic carbocycles. The Morgan fingerprint density at radius 2 is 2.14 bits per heavy atom. The molecular weight excluding hydrogens is 267 g/mol. The van der Waals surface area contributed by atoms with Crippen molar-refractivity contribution in [3.63, 3.8) is 0 Å². The number of hydrogen-bond acceptors (Lipinski definition) is 1. The van der Waals surface area contributed by atoms with Gasteiger partial charge in [0.15, 0.2) is 0 Å². The molecule has 108 valence electrons. The molecule has 3 rings (SSSR count). The van der Waals surface area contributed by atoms with Gasteiger partial charge in [-0.15, -0.1) is 0 Å². The number of carbonyl (C=O) groups is 1. The monoisotopic (exact) mass is 284 g/mol. The number of rotatable bonds is 3. The molecule has 0 aliphatic heterocycles. The number of benzene rings is 1. The highest BCUT2D eigenvalue weighted by Gasteiger charge is 2.14. The first-order valence-electron chi connectivity index (χ1n) is 6.99. The van der Waals surface area contributed by atoms with Crippen LogP contribution in [0.15, 0.2) is 36.4 Å². The molecule has 0 spiro atoms. The van der Waals surface area contributed by atoms with Gasteiger partial charge in [0.2, 0.25) is 0 Å². The van der Waals surface area contributed by atoms with Crippen molar-refractivity contribution < 1.29 is 9.18 Å². The van der Waals surface area contributed by atoms with Crippen LogP contribution in [0.4, 0.5) is 4.39 Å². The van der Waals surface area contributed by atoms with Gasteiger partial charge in [0.25, 0.3) is 5.91 Å². The summed E-state index contributed by atoms with van der Waals surface area (Å²) < 4.78 is 15.2. The molecule has 0 radical (unpaired) electrons. The molecule has 1 aliphatic rings. The van der Waals surface area contributed by atoms with Crippen molar-refractivity contribution >= 4 is 18.1 Å². The number of fused-ring (bicyclic) bond motifs is 1. The van der Waals surface area contributed by atoms with Crippen LogP contribution < -0.4 is 15.9 Å². The van der Waals surface area contributed by atoms with Crippen molar-refractivity contribution in [3.05, 3.63) is 58.2 Å². The lowest BCUT2D eigenvalue weighted by molar-refractivity contribution is 0.0942. The molecule has 1 aromatic heterocycles. The lowest BCUT2D eigenvalue weighted by Gasteiger charge is -2.07. The SMILES string of the molecule is Cn1c(C(=O)NCc2ccccc2)cc2c1=CCC(F)C=2. The summed E-state index contributed by atoms with van der Waals surface area (Å²) in [6.07, 6.45) is 2.83. The van der Waals surface area contributed by atoms with Crippen molar-refractivity contribution in [3.8, 4) is 0 Å². The van der Waals surface area contributed by atoms with E-state index in [1.165, 1.54) is 0 Å². The van der Waals surface area contributed by atoms with E-state index in [4.69, 9.17) is 0 Å². The number of nitrogens with one attached hydrogen (secondary N) is 1. The summed E-state index contributed by atoms with van der Waals surface area (Å²) in [6, 6.07) is 11.5. The fourth-order valence-electron chi connectivity index (χ4n) is 2.60. The third-order valence-corrected chi connectivity index (χ3v) is 3.74. The van der Waals surface area contributed by atoms with Crippen LogP contribution in [-0.4, -0.2) is 16.6 Å². The van der Waals surface area contributed by atoms with Crippen LogP contribution in [0.2, 0.25) is 0 Å². The van der Waals surface area contributed by atoms with Crippen LogP contribution in [0, 0.1) is 0 Å². The molecule has 0 fully saturated rings. The number of amides is 1. The molecule has 1 atom stereocenters. The quantitative estimate of drug-likeness (QED) is 0.904. The van der Waals surface area contributed by atoms with Crippen LogP contribution >= 0.6 is 0 Å². The topological polar surface area (TPSA) is 34.0 Å². The Balaban J connectivity index is 1.82. The maximum atomic E-state index is 13.4. The van der Waals surface area contributed by atoms with Gasteiger partial charge in [-0.05, 0) is 22.9 Å². The second kappa shape index (κ2) is 5.56. The van der Waals surface area contributed by atoms with Crippen molar-refractivity contribution in [2.75, 3.05) is 0 Å². The average Bonchev–Trinajstić information content (AvgIpc) is 2.82. The molecule has 0 bridgehead atoms. The zero-order chi connectivity index (χ0) is 14.8. The number of halogens is 1. The van der Waals surface area contributed by atoms with Gasteiger partial charge < -0.3 is 9.88 Å². The Hall–Kier alpha value is -2.36. The summed E-state index contributed by atoms with van der Waals surface area (Å²) in [7, 11) is 1.83. The Kier molecular flexibility index (Phi) is 3.60. The van der Waals surface area contributed by atoms with Crippen molar-refractivity contribution in [1.29, 1.82) is 0 Å². The number of aromatic nitrogens is 1. The molecule has 1 N–H and O–H groups in total. The van der Waals surface area contributed by atoms with Gasteiger partial charge in [-0.1, -0.05) is 36.4 Å². The van der Waals surface area contributed by atoms with Gasteiger partial charge in [-0.3, -0.25) is 4.79 Å². The van der Waals surface area contributed by atoms with Gasteiger partial charge in [0.05, 0.1) is 0 Å². The van der Waals surface area contributed by atoms with E-state index in [1.54, 1.807) is 12.1 Å². The van der Waals surface area contributed by atoms with E-state index >= 15 is 0 Å². The molecule has 4 heteroatoms. The summed E-state index contributed by atoms with van der Waals surface area (Å²) in [5, 5.41) is 4.60. The number of nitrogens with zero attached hydrogens (tertiary/aromatic N) is 1. The largest absolute Gasteiger partial charge is 0.347 e. The maximum absolute atomic E-state index is 13.4. The summed E-state index contributed by atoms with van der Waals surface area (Å²) >= 11 is 0. The fourth-order valence-corrected chi connectivity index (χ4v) is 2.60. The van der Waals surface area contributed by atoms with Gasteiger partial charge in [0, 0.05) is 25.4 Å². The predicted octanol–water partition coefficient (Wildman–Crippen LogP) is 1.26. The van der Waals surface area contributed by atoms with Crippen LogP contribution in [0.5, 0.6) is 0 Å². The molecule has 0 saturated heterocycles. The van der Waals surface area contributed by atoms with Gasteiger partial charge in [-0.2, -0.15) is 0 Å². The van der Waals surface area contributed by atoms with Gasteiger partial charge >= 0.3 is 0 Å². The van der Waals surface area contributed by atoms with Crippen molar-refractivity contribution in [1.82, 2.24) is 9.88 Å². The number of carbonyl (C=O) groups excluding carboxylic acids is 1. The van der Waals surface area contributed by atoms with E-state index in [9.17, 15) is 9.18 Å². The van der Waals surface area contributed by atoms with Crippen molar-refractivity contribution in [2.24, 2.45) is 7.05 Å². The normalized spacial score (nSPS) is 16.6. The molecule has 1 unspecified atom stereocenters. The Morgan fingerprint density at radius 3 is 2.90 bits per heavy atom.